The van der Waals surface area contributed by atoms with Gasteiger partial charge in [-0.05, 0) is 58.0 Å². The zero-order valence-corrected chi connectivity index (χ0v) is 14.6. The highest BCUT2D eigenvalue weighted by Crippen LogP contribution is 2.30. The highest BCUT2D eigenvalue weighted by atomic mass is 35.5. The lowest BCUT2D eigenvalue weighted by atomic mass is 9.84. The zero-order chi connectivity index (χ0) is 14.2. The molecule has 0 spiro atoms. The number of likely N-dealkylation sites (tertiary alicyclic amines) is 1. The molecule has 2 aliphatic rings. The van der Waals surface area contributed by atoms with E-state index in [1.807, 2.05) is 0 Å². The summed E-state index contributed by atoms with van der Waals surface area (Å²) in [7, 11) is 0. The second-order valence-corrected chi connectivity index (χ2v) is 7.07. The molecule has 0 amide bonds. The molecule has 1 aliphatic carbocycles. The third-order valence-electron chi connectivity index (χ3n) is 5.36. The minimum absolute atomic E-state index is 0. The van der Waals surface area contributed by atoms with Crippen LogP contribution in [0.4, 0.5) is 0 Å². The van der Waals surface area contributed by atoms with Crippen LogP contribution < -0.4 is 0 Å². The van der Waals surface area contributed by atoms with Crippen molar-refractivity contribution in [3.63, 3.8) is 0 Å². The molecular weight excluding hydrogens is 282 g/mol. The maximum atomic E-state index is 11.1. The molecule has 0 aromatic heterocycles. The van der Waals surface area contributed by atoms with Gasteiger partial charge in [0.1, 0.15) is 5.78 Å². The fraction of sp³-hybridized carbons (Fsp3) is 0.944. The van der Waals surface area contributed by atoms with Crippen LogP contribution in [0.5, 0.6) is 0 Å². The normalized spacial score (nSPS) is 24.5. The van der Waals surface area contributed by atoms with Crippen LogP contribution in [0, 0.1) is 5.92 Å². The maximum Gasteiger partial charge on any atom is 0.129 e. The maximum absolute atomic E-state index is 11.1. The summed E-state index contributed by atoms with van der Waals surface area (Å²) in [6, 6.07) is 0.817. The second kappa shape index (κ2) is 10.6. The van der Waals surface area contributed by atoms with Gasteiger partial charge in [-0.25, -0.2) is 0 Å². The van der Waals surface area contributed by atoms with Gasteiger partial charge in [-0.3, -0.25) is 0 Å². The average molecular weight is 316 g/mol. The molecule has 1 saturated carbocycles. The molecule has 1 unspecified atom stereocenters. The van der Waals surface area contributed by atoms with Crippen LogP contribution in [-0.4, -0.2) is 29.8 Å². The lowest BCUT2D eigenvalue weighted by Gasteiger charge is -2.37. The molecule has 2 rings (SSSR count). The molecule has 1 saturated heterocycles. The van der Waals surface area contributed by atoms with Gasteiger partial charge in [0.15, 0.2) is 0 Å². The Hall–Kier alpha value is -0.0800. The molecule has 0 bridgehead atoms. The molecule has 2 fully saturated rings. The first-order chi connectivity index (χ1) is 9.75. The van der Waals surface area contributed by atoms with Crippen molar-refractivity contribution in [3.05, 3.63) is 0 Å². The first-order valence-corrected chi connectivity index (χ1v) is 8.99. The van der Waals surface area contributed by atoms with Crippen molar-refractivity contribution in [1.82, 2.24) is 4.90 Å². The standard InChI is InChI=1S/C18H33NO.ClH/c1-16(20)8-7-15-19-14-6-5-11-18(19)13-12-17-9-3-2-4-10-17;/h17-18H,2-15H2,1H3;1H. The minimum atomic E-state index is 0. The van der Waals surface area contributed by atoms with E-state index in [2.05, 4.69) is 4.90 Å². The zero-order valence-electron chi connectivity index (χ0n) is 13.8. The number of carbonyl (C=O) groups excluding carboxylic acids is 1. The fourth-order valence-electron chi connectivity index (χ4n) is 4.12. The molecule has 1 aliphatic heterocycles. The SMILES string of the molecule is CC(=O)CCCN1CCCCC1CCC1CCCCC1.Cl. The molecule has 1 atom stereocenters. The van der Waals surface area contributed by atoms with E-state index in [0.29, 0.717) is 5.78 Å². The Bertz CT molecular complexity index is 289. The van der Waals surface area contributed by atoms with Crippen LogP contribution >= 0.6 is 12.4 Å². The molecule has 2 nitrogen and oxygen atoms in total. The van der Waals surface area contributed by atoms with E-state index >= 15 is 0 Å². The Morgan fingerprint density at radius 2 is 1.71 bits per heavy atom. The molecule has 21 heavy (non-hydrogen) atoms. The summed E-state index contributed by atoms with van der Waals surface area (Å²) in [6.45, 7) is 4.14. The molecule has 3 heteroatoms. The number of hydrogen-bond donors (Lipinski definition) is 0. The van der Waals surface area contributed by atoms with Gasteiger partial charge in [0, 0.05) is 12.5 Å². The molecule has 1 heterocycles. The van der Waals surface area contributed by atoms with Gasteiger partial charge in [0.25, 0.3) is 0 Å². The Balaban J connectivity index is 0.00000220. The molecule has 0 radical (unpaired) electrons. The van der Waals surface area contributed by atoms with E-state index in [1.165, 1.54) is 70.8 Å². The number of ketones is 1. The number of halogens is 1. The van der Waals surface area contributed by atoms with E-state index in [1.54, 1.807) is 6.92 Å². The largest absolute Gasteiger partial charge is 0.300 e. The monoisotopic (exact) mass is 315 g/mol. The number of carbonyl (C=O) groups is 1. The predicted octanol–water partition coefficient (Wildman–Crippen LogP) is 4.99. The van der Waals surface area contributed by atoms with Crippen LogP contribution in [0.1, 0.15) is 84.0 Å². The summed E-state index contributed by atoms with van der Waals surface area (Å²) in [5.74, 6) is 1.37. The van der Waals surface area contributed by atoms with Crippen LogP contribution in [0.25, 0.3) is 0 Å². The van der Waals surface area contributed by atoms with Crippen molar-refractivity contribution in [2.45, 2.75) is 90.0 Å². The Labute approximate surface area is 137 Å². The van der Waals surface area contributed by atoms with Gasteiger partial charge < -0.3 is 9.69 Å². The summed E-state index contributed by atoms with van der Waals surface area (Å²) >= 11 is 0. The first-order valence-electron chi connectivity index (χ1n) is 8.99. The molecule has 0 aromatic rings. The number of nitrogens with zero attached hydrogens (tertiary/aromatic N) is 1. The first kappa shape index (κ1) is 19.0. The van der Waals surface area contributed by atoms with Gasteiger partial charge in [0.2, 0.25) is 0 Å². The van der Waals surface area contributed by atoms with Crippen LogP contribution in [0.3, 0.4) is 0 Å². The number of rotatable bonds is 7. The lowest BCUT2D eigenvalue weighted by Crippen LogP contribution is -2.40. The van der Waals surface area contributed by atoms with Crippen molar-refractivity contribution in [1.29, 1.82) is 0 Å². The van der Waals surface area contributed by atoms with E-state index in [9.17, 15) is 4.79 Å². The topological polar surface area (TPSA) is 20.3 Å². The van der Waals surface area contributed by atoms with Crippen molar-refractivity contribution in [2.24, 2.45) is 5.92 Å². The quantitative estimate of drug-likeness (QED) is 0.659. The highest BCUT2D eigenvalue weighted by Gasteiger charge is 2.23. The van der Waals surface area contributed by atoms with E-state index in [4.69, 9.17) is 0 Å². The van der Waals surface area contributed by atoms with Crippen molar-refractivity contribution in [3.8, 4) is 0 Å². The van der Waals surface area contributed by atoms with Crippen molar-refractivity contribution >= 4 is 18.2 Å². The van der Waals surface area contributed by atoms with Gasteiger partial charge in [0.05, 0.1) is 0 Å². The molecule has 124 valence electrons. The third-order valence-corrected chi connectivity index (χ3v) is 5.36. The van der Waals surface area contributed by atoms with Gasteiger partial charge >= 0.3 is 0 Å². The van der Waals surface area contributed by atoms with Gasteiger partial charge in [-0.15, -0.1) is 12.4 Å². The lowest BCUT2D eigenvalue weighted by molar-refractivity contribution is -0.117. The van der Waals surface area contributed by atoms with E-state index in [-0.39, 0.29) is 12.4 Å². The molecule has 0 N–H and O–H groups in total. The third kappa shape index (κ3) is 7.15. The van der Waals surface area contributed by atoms with Crippen molar-refractivity contribution < 1.29 is 4.79 Å². The van der Waals surface area contributed by atoms with Gasteiger partial charge in [-0.2, -0.15) is 0 Å². The number of hydrogen-bond acceptors (Lipinski definition) is 2. The average Bonchev–Trinajstić information content (AvgIpc) is 2.47. The summed E-state index contributed by atoms with van der Waals surface area (Å²) in [4.78, 5) is 13.8. The highest BCUT2D eigenvalue weighted by molar-refractivity contribution is 5.85. The smallest absolute Gasteiger partial charge is 0.129 e. The molecular formula is C18H34ClNO. The summed E-state index contributed by atoms with van der Waals surface area (Å²) in [5.41, 5.74) is 0. The molecule has 0 aromatic carbocycles. The number of Topliss-reactive ketones (excluding diaryl/α,β-unsaturated/α-hetero) is 1. The summed E-state index contributed by atoms with van der Waals surface area (Å²) in [5, 5.41) is 0. The summed E-state index contributed by atoms with van der Waals surface area (Å²) in [6.07, 6.45) is 16.2. The van der Waals surface area contributed by atoms with E-state index < -0.39 is 0 Å². The minimum Gasteiger partial charge on any atom is -0.300 e. The van der Waals surface area contributed by atoms with Crippen molar-refractivity contribution in [2.75, 3.05) is 13.1 Å². The fourth-order valence-corrected chi connectivity index (χ4v) is 4.12. The number of piperidine rings is 1. The second-order valence-electron chi connectivity index (χ2n) is 7.07. The van der Waals surface area contributed by atoms with Gasteiger partial charge in [-0.1, -0.05) is 38.5 Å². The van der Waals surface area contributed by atoms with E-state index in [0.717, 1.165) is 31.3 Å². The predicted molar refractivity (Wildman–Crippen MR) is 92.2 cm³/mol. The van der Waals surface area contributed by atoms with Crippen LogP contribution in [0.15, 0.2) is 0 Å². The Morgan fingerprint density at radius 3 is 2.43 bits per heavy atom. The summed E-state index contributed by atoms with van der Waals surface area (Å²) < 4.78 is 0. The Morgan fingerprint density at radius 1 is 1.00 bits per heavy atom. The Kier molecular flexibility index (Phi) is 9.59. The van der Waals surface area contributed by atoms with Crippen LogP contribution in [-0.2, 0) is 4.79 Å². The van der Waals surface area contributed by atoms with Crippen LogP contribution in [0.2, 0.25) is 0 Å².